The molecule has 3 aromatic rings. The van der Waals surface area contributed by atoms with Crippen molar-refractivity contribution in [3.05, 3.63) is 54.4 Å². The lowest BCUT2D eigenvalue weighted by Crippen LogP contribution is -2.15. The number of thioether (sulfide) groups is 1. The van der Waals surface area contributed by atoms with Gasteiger partial charge in [0.15, 0.2) is 11.0 Å². The van der Waals surface area contributed by atoms with Gasteiger partial charge in [0, 0.05) is 30.2 Å². The number of methoxy groups -OCH3 is 1. The highest BCUT2D eigenvalue weighted by molar-refractivity contribution is 7.99. The summed E-state index contributed by atoms with van der Waals surface area (Å²) in [6, 6.07) is 10.3. The second kappa shape index (κ2) is 10.0. The van der Waals surface area contributed by atoms with E-state index in [1.165, 1.54) is 18.9 Å². The Morgan fingerprint density at radius 1 is 1.10 bits per heavy atom. The number of esters is 1. The summed E-state index contributed by atoms with van der Waals surface area (Å²) in [6.45, 7) is 4.98. The van der Waals surface area contributed by atoms with Crippen molar-refractivity contribution >= 4 is 29.3 Å². The Morgan fingerprint density at radius 3 is 2.43 bits per heavy atom. The number of anilines is 1. The molecular weight excluding hydrogens is 402 g/mol. The van der Waals surface area contributed by atoms with Crippen molar-refractivity contribution in [1.29, 1.82) is 0 Å². The number of carbonyl (C=O) groups excluding carboxylic acids is 2. The van der Waals surface area contributed by atoms with E-state index in [0.29, 0.717) is 22.3 Å². The largest absolute Gasteiger partial charge is 0.465 e. The zero-order chi connectivity index (χ0) is 21.5. The lowest BCUT2D eigenvalue weighted by molar-refractivity contribution is -0.113. The Balaban J connectivity index is 1.67. The predicted octanol–water partition coefficient (Wildman–Crippen LogP) is 3.51. The summed E-state index contributed by atoms with van der Waals surface area (Å²) in [5.41, 5.74) is 1.96. The fourth-order valence-corrected chi connectivity index (χ4v) is 3.52. The van der Waals surface area contributed by atoms with E-state index in [0.717, 1.165) is 17.9 Å². The monoisotopic (exact) mass is 425 g/mol. The number of nitrogens with zero attached hydrogens (tertiary/aromatic N) is 4. The molecule has 156 valence electrons. The third-order valence-corrected chi connectivity index (χ3v) is 5.09. The second-order valence-electron chi connectivity index (χ2n) is 6.95. The molecule has 9 heteroatoms. The van der Waals surface area contributed by atoms with E-state index in [2.05, 4.69) is 39.1 Å². The first-order valence-electron chi connectivity index (χ1n) is 9.42. The molecule has 0 atom stereocenters. The molecule has 1 N–H and O–H groups in total. The van der Waals surface area contributed by atoms with Crippen molar-refractivity contribution in [1.82, 2.24) is 19.7 Å². The normalized spacial score (nSPS) is 10.8. The van der Waals surface area contributed by atoms with Crippen molar-refractivity contribution in [3.8, 4) is 11.4 Å². The highest BCUT2D eigenvalue weighted by Gasteiger charge is 2.17. The standard InChI is InChI=1S/C21H23N5O3S/c1-14(2)12-26-19(15-8-10-22-11-9-15)24-25-21(26)30-13-18(27)23-17-6-4-16(5-7-17)20(28)29-3/h4-11,14H,12-13H2,1-3H3,(H,23,27). The summed E-state index contributed by atoms with van der Waals surface area (Å²) in [6.07, 6.45) is 3.44. The number of benzene rings is 1. The third-order valence-electron chi connectivity index (χ3n) is 4.13. The van der Waals surface area contributed by atoms with Crippen LogP contribution in [0.2, 0.25) is 0 Å². The minimum Gasteiger partial charge on any atom is -0.465 e. The molecule has 3 rings (SSSR count). The molecule has 2 aromatic heterocycles. The van der Waals surface area contributed by atoms with Crippen LogP contribution in [0.25, 0.3) is 11.4 Å². The molecule has 0 saturated carbocycles. The highest BCUT2D eigenvalue weighted by atomic mass is 32.2. The summed E-state index contributed by atoms with van der Waals surface area (Å²) >= 11 is 1.33. The van der Waals surface area contributed by atoms with E-state index in [-0.39, 0.29) is 11.7 Å². The van der Waals surface area contributed by atoms with Gasteiger partial charge in [0.1, 0.15) is 0 Å². The molecule has 1 amide bonds. The number of nitrogens with one attached hydrogen (secondary N) is 1. The molecule has 30 heavy (non-hydrogen) atoms. The van der Waals surface area contributed by atoms with Gasteiger partial charge in [-0.05, 0) is 42.3 Å². The molecular formula is C21H23N5O3S. The van der Waals surface area contributed by atoms with Gasteiger partial charge in [0.2, 0.25) is 5.91 Å². The number of amides is 1. The Hall–Kier alpha value is -3.20. The Bertz CT molecular complexity index is 1000. The van der Waals surface area contributed by atoms with Crippen molar-refractivity contribution in [3.63, 3.8) is 0 Å². The highest BCUT2D eigenvalue weighted by Crippen LogP contribution is 2.25. The Morgan fingerprint density at radius 2 is 1.80 bits per heavy atom. The van der Waals surface area contributed by atoms with Crippen LogP contribution in [-0.4, -0.2) is 44.5 Å². The zero-order valence-corrected chi connectivity index (χ0v) is 17.8. The maximum absolute atomic E-state index is 12.4. The molecule has 0 radical (unpaired) electrons. The second-order valence-corrected chi connectivity index (χ2v) is 7.89. The first kappa shape index (κ1) is 21.5. The van der Waals surface area contributed by atoms with Crippen LogP contribution in [0.4, 0.5) is 5.69 Å². The van der Waals surface area contributed by atoms with Gasteiger partial charge in [-0.1, -0.05) is 25.6 Å². The number of pyridine rings is 1. The maximum Gasteiger partial charge on any atom is 0.337 e. The zero-order valence-electron chi connectivity index (χ0n) is 17.0. The van der Waals surface area contributed by atoms with Crippen LogP contribution in [0.3, 0.4) is 0 Å². The number of carbonyl (C=O) groups is 2. The summed E-state index contributed by atoms with van der Waals surface area (Å²) in [4.78, 5) is 27.9. The minimum atomic E-state index is -0.419. The molecule has 1 aromatic carbocycles. The van der Waals surface area contributed by atoms with Crippen LogP contribution >= 0.6 is 11.8 Å². The van der Waals surface area contributed by atoms with Crippen molar-refractivity contribution in [2.24, 2.45) is 5.92 Å². The van der Waals surface area contributed by atoms with Crippen LogP contribution < -0.4 is 5.32 Å². The van der Waals surface area contributed by atoms with E-state index in [4.69, 9.17) is 0 Å². The van der Waals surface area contributed by atoms with Crippen molar-refractivity contribution in [2.45, 2.75) is 25.5 Å². The fraction of sp³-hybridized carbons (Fsp3) is 0.286. The lowest BCUT2D eigenvalue weighted by Gasteiger charge is -2.12. The average molecular weight is 426 g/mol. The van der Waals surface area contributed by atoms with E-state index >= 15 is 0 Å². The molecule has 8 nitrogen and oxygen atoms in total. The molecule has 0 unspecified atom stereocenters. The summed E-state index contributed by atoms with van der Waals surface area (Å²) in [7, 11) is 1.33. The Kier molecular flexibility index (Phi) is 7.18. The van der Waals surface area contributed by atoms with E-state index in [9.17, 15) is 9.59 Å². The van der Waals surface area contributed by atoms with Crippen molar-refractivity contribution < 1.29 is 14.3 Å². The Labute approximate surface area is 179 Å². The van der Waals surface area contributed by atoms with Gasteiger partial charge in [0.05, 0.1) is 18.4 Å². The SMILES string of the molecule is COC(=O)c1ccc(NC(=O)CSc2nnc(-c3ccncc3)n2CC(C)C)cc1. The van der Waals surface area contributed by atoms with Gasteiger partial charge >= 0.3 is 5.97 Å². The number of ether oxygens (including phenoxy) is 1. The van der Waals surface area contributed by atoms with Crippen molar-refractivity contribution in [2.75, 3.05) is 18.2 Å². The minimum absolute atomic E-state index is 0.171. The quantitative estimate of drug-likeness (QED) is 0.435. The van der Waals surface area contributed by atoms with Gasteiger partial charge in [-0.2, -0.15) is 0 Å². The molecule has 0 fully saturated rings. The summed E-state index contributed by atoms with van der Waals surface area (Å²) in [5.74, 6) is 0.745. The van der Waals surface area contributed by atoms with E-state index < -0.39 is 5.97 Å². The number of rotatable bonds is 8. The first-order chi connectivity index (χ1) is 14.5. The van der Waals surface area contributed by atoms with Gasteiger partial charge in [-0.3, -0.25) is 9.78 Å². The summed E-state index contributed by atoms with van der Waals surface area (Å²) in [5, 5.41) is 12.1. The van der Waals surface area contributed by atoms with Crippen LogP contribution in [0, 0.1) is 5.92 Å². The number of hydrogen-bond acceptors (Lipinski definition) is 7. The number of aromatic nitrogens is 4. The van der Waals surface area contributed by atoms with E-state index in [1.807, 2.05) is 16.7 Å². The van der Waals surface area contributed by atoms with Gasteiger partial charge in [0.25, 0.3) is 0 Å². The molecule has 0 aliphatic carbocycles. The smallest absolute Gasteiger partial charge is 0.337 e. The van der Waals surface area contributed by atoms with Crippen LogP contribution in [0.5, 0.6) is 0 Å². The summed E-state index contributed by atoms with van der Waals surface area (Å²) < 4.78 is 6.70. The molecule has 0 aliphatic rings. The molecule has 0 bridgehead atoms. The molecule has 0 saturated heterocycles. The third kappa shape index (κ3) is 5.44. The van der Waals surface area contributed by atoms with E-state index in [1.54, 1.807) is 36.7 Å². The van der Waals surface area contributed by atoms with Gasteiger partial charge in [-0.25, -0.2) is 4.79 Å². The average Bonchev–Trinajstić information content (AvgIpc) is 3.14. The predicted molar refractivity (Wildman–Crippen MR) is 115 cm³/mol. The van der Waals surface area contributed by atoms with Gasteiger partial charge < -0.3 is 14.6 Å². The molecule has 0 aliphatic heterocycles. The van der Waals surface area contributed by atoms with Gasteiger partial charge in [-0.15, -0.1) is 10.2 Å². The fourth-order valence-electron chi connectivity index (χ4n) is 2.77. The van der Waals surface area contributed by atoms with Crippen LogP contribution in [-0.2, 0) is 16.1 Å². The topological polar surface area (TPSA) is 99.0 Å². The first-order valence-corrected chi connectivity index (χ1v) is 10.4. The maximum atomic E-state index is 12.4. The lowest BCUT2D eigenvalue weighted by atomic mass is 10.2. The van der Waals surface area contributed by atoms with Crippen LogP contribution in [0.15, 0.2) is 53.9 Å². The molecule has 0 spiro atoms. The van der Waals surface area contributed by atoms with Crippen LogP contribution in [0.1, 0.15) is 24.2 Å². The number of hydrogen-bond donors (Lipinski definition) is 1. The molecule has 2 heterocycles.